The second kappa shape index (κ2) is 5.77. The Morgan fingerprint density at radius 2 is 1.78 bits per heavy atom. The van der Waals surface area contributed by atoms with Crippen molar-refractivity contribution in [1.29, 1.82) is 0 Å². The zero-order chi connectivity index (χ0) is 13.1. The fraction of sp³-hybridized carbons (Fsp3) is 0.200. The average Bonchev–Trinajstić information content (AvgIpc) is 2.41. The summed E-state index contributed by atoms with van der Waals surface area (Å²) in [6.45, 7) is 2.07. The molecule has 2 rings (SSSR count). The Morgan fingerprint density at radius 1 is 1.11 bits per heavy atom. The second-order valence-corrected chi connectivity index (χ2v) is 5.38. The van der Waals surface area contributed by atoms with E-state index in [-0.39, 0.29) is 5.38 Å². The van der Waals surface area contributed by atoms with Crippen LogP contribution in [0, 0.1) is 6.92 Å². The lowest BCUT2D eigenvalue weighted by Crippen LogP contribution is -1.97. The van der Waals surface area contributed by atoms with Crippen molar-refractivity contribution in [1.82, 2.24) is 0 Å². The molecule has 0 aliphatic rings. The molecule has 0 heterocycles. The minimum Gasteiger partial charge on any atom is -0.497 e. The van der Waals surface area contributed by atoms with Crippen LogP contribution in [0.3, 0.4) is 0 Å². The molecule has 0 spiro atoms. The number of rotatable bonds is 3. The van der Waals surface area contributed by atoms with E-state index in [0.717, 1.165) is 21.3 Å². The van der Waals surface area contributed by atoms with Crippen LogP contribution < -0.4 is 4.74 Å². The van der Waals surface area contributed by atoms with E-state index in [9.17, 15) is 0 Å². The van der Waals surface area contributed by atoms with E-state index in [2.05, 4.69) is 28.9 Å². The minimum atomic E-state index is -0.145. The first-order chi connectivity index (χ1) is 8.63. The van der Waals surface area contributed by atoms with Gasteiger partial charge in [-0.15, -0.1) is 11.6 Å². The molecule has 0 aromatic heterocycles. The highest BCUT2D eigenvalue weighted by molar-refractivity contribution is 9.10. The van der Waals surface area contributed by atoms with E-state index < -0.39 is 0 Å². The van der Waals surface area contributed by atoms with Gasteiger partial charge in [0.1, 0.15) is 5.75 Å². The Kier molecular flexibility index (Phi) is 4.31. The van der Waals surface area contributed by atoms with Gasteiger partial charge in [-0.2, -0.15) is 0 Å². The van der Waals surface area contributed by atoms with Gasteiger partial charge in [-0.1, -0.05) is 40.2 Å². The van der Waals surface area contributed by atoms with Crippen LogP contribution in [0.4, 0.5) is 0 Å². The second-order valence-electron chi connectivity index (χ2n) is 4.09. The first-order valence-electron chi connectivity index (χ1n) is 5.66. The predicted octanol–water partition coefficient (Wildman–Crippen LogP) is 5.09. The maximum atomic E-state index is 6.54. The summed E-state index contributed by atoms with van der Waals surface area (Å²) in [4.78, 5) is 0. The van der Waals surface area contributed by atoms with Crippen LogP contribution >= 0.6 is 27.5 Å². The summed E-state index contributed by atoms with van der Waals surface area (Å²) in [7, 11) is 1.66. The normalized spacial score (nSPS) is 12.2. The quantitative estimate of drug-likeness (QED) is 0.714. The summed E-state index contributed by atoms with van der Waals surface area (Å²) >= 11 is 10.1. The summed E-state index contributed by atoms with van der Waals surface area (Å²) in [5.74, 6) is 0.841. The van der Waals surface area contributed by atoms with Gasteiger partial charge in [-0.3, -0.25) is 0 Å². The average molecular weight is 326 g/mol. The number of benzene rings is 2. The molecule has 3 heteroatoms. The number of methoxy groups -OCH3 is 1. The molecule has 0 aliphatic heterocycles. The number of halogens is 2. The maximum absolute atomic E-state index is 6.54. The SMILES string of the molecule is COc1ccc(C(Cl)c2cccc(Br)c2C)cc1. The molecule has 2 aromatic rings. The number of alkyl halides is 1. The molecule has 2 aromatic carbocycles. The van der Waals surface area contributed by atoms with Crippen LogP contribution in [0.25, 0.3) is 0 Å². The van der Waals surface area contributed by atoms with Gasteiger partial charge < -0.3 is 4.74 Å². The third kappa shape index (κ3) is 2.70. The standard InChI is InChI=1S/C15H14BrClO/c1-10-13(4-3-5-14(10)16)15(17)11-6-8-12(18-2)9-7-11/h3-9,15H,1-2H3. The Balaban J connectivity index is 2.35. The monoisotopic (exact) mass is 324 g/mol. The minimum absolute atomic E-state index is 0.145. The third-order valence-corrected chi connectivity index (χ3v) is 4.34. The predicted molar refractivity (Wildman–Crippen MR) is 79.6 cm³/mol. The molecule has 0 saturated carbocycles. The number of hydrogen-bond donors (Lipinski definition) is 0. The zero-order valence-corrected chi connectivity index (χ0v) is 12.6. The Morgan fingerprint density at radius 3 is 2.39 bits per heavy atom. The molecule has 0 bridgehead atoms. The highest BCUT2D eigenvalue weighted by atomic mass is 79.9. The van der Waals surface area contributed by atoms with Gasteiger partial charge in [0.15, 0.2) is 0 Å². The van der Waals surface area contributed by atoms with Crippen molar-refractivity contribution in [2.45, 2.75) is 12.3 Å². The van der Waals surface area contributed by atoms with Crippen LogP contribution in [-0.4, -0.2) is 7.11 Å². The summed E-state index contributed by atoms with van der Waals surface area (Å²) < 4.78 is 6.23. The van der Waals surface area contributed by atoms with E-state index in [0.29, 0.717) is 0 Å². The van der Waals surface area contributed by atoms with Crippen molar-refractivity contribution < 1.29 is 4.74 Å². The van der Waals surface area contributed by atoms with Crippen LogP contribution in [0.2, 0.25) is 0 Å². The molecule has 0 aliphatic carbocycles. The van der Waals surface area contributed by atoms with Gasteiger partial charge >= 0.3 is 0 Å². The highest BCUT2D eigenvalue weighted by Gasteiger charge is 2.14. The fourth-order valence-electron chi connectivity index (χ4n) is 1.85. The largest absolute Gasteiger partial charge is 0.497 e. The molecule has 0 fully saturated rings. The van der Waals surface area contributed by atoms with Gasteiger partial charge in [-0.05, 0) is 41.8 Å². The molecular formula is C15H14BrClO. The summed E-state index contributed by atoms with van der Waals surface area (Å²) in [6, 6.07) is 13.9. The topological polar surface area (TPSA) is 9.23 Å². The van der Waals surface area contributed by atoms with Crippen LogP contribution in [0.15, 0.2) is 46.9 Å². The molecular weight excluding hydrogens is 312 g/mol. The summed E-state index contributed by atoms with van der Waals surface area (Å²) in [5.41, 5.74) is 3.36. The van der Waals surface area contributed by atoms with Crippen LogP contribution in [0.1, 0.15) is 22.1 Å². The van der Waals surface area contributed by atoms with Gasteiger partial charge in [-0.25, -0.2) is 0 Å². The van der Waals surface area contributed by atoms with Gasteiger partial charge in [0.05, 0.1) is 12.5 Å². The maximum Gasteiger partial charge on any atom is 0.118 e. The summed E-state index contributed by atoms with van der Waals surface area (Å²) in [5, 5.41) is -0.145. The Hall–Kier alpha value is -0.990. The molecule has 18 heavy (non-hydrogen) atoms. The number of hydrogen-bond acceptors (Lipinski definition) is 1. The lowest BCUT2D eigenvalue weighted by atomic mass is 10.00. The van der Waals surface area contributed by atoms with Crippen molar-refractivity contribution in [3.8, 4) is 5.75 Å². The molecule has 0 N–H and O–H groups in total. The Labute approximate surface area is 121 Å². The molecule has 1 unspecified atom stereocenters. The molecule has 1 atom stereocenters. The number of ether oxygens (including phenoxy) is 1. The lowest BCUT2D eigenvalue weighted by molar-refractivity contribution is 0.414. The molecule has 0 amide bonds. The highest BCUT2D eigenvalue weighted by Crippen LogP contribution is 2.34. The Bertz CT molecular complexity index is 537. The first-order valence-corrected chi connectivity index (χ1v) is 6.89. The van der Waals surface area contributed by atoms with Gasteiger partial charge in [0.2, 0.25) is 0 Å². The molecule has 0 saturated heterocycles. The van der Waals surface area contributed by atoms with Gasteiger partial charge in [0.25, 0.3) is 0 Å². The zero-order valence-electron chi connectivity index (χ0n) is 10.3. The fourth-order valence-corrected chi connectivity index (χ4v) is 2.61. The first kappa shape index (κ1) is 13.4. The van der Waals surface area contributed by atoms with Gasteiger partial charge in [0, 0.05) is 4.47 Å². The van der Waals surface area contributed by atoms with Crippen molar-refractivity contribution in [2.24, 2.45) is 0 Å². The summed E-state index contributed by atoms with van der Waals surface area (Å²) in [6.07, 6.45) is 0. The van der Waals surface area contributed by atoms with E-state index in [1.54, 1.807) is 7.11 Å². The van der Waals surface area contributed by atoms with Crippen molar-refractivity contribution in [3.05, 3.63) is 63.6 Å². The molecule has 1 nitrogen and oxygen atoms in total. The molecule has 0 radical (unpaired) electrons. The van der Waals surface area contributed by atoms with Crippen molar-refractivity contribution in [3.63, 3.8) is 0 Å². The van der Waals surface area contributed by atoms with Crippen LogP contribution in [0.5, 0.6) is 5.75 Å². The van der Waals surface area contributed by atoms with E-state index >= 15 is 0 Å². The van der Waals surface area contributed by atoms with Crippen molar-refractivity contribution in [2.75, 3.05) is 7.11 Å². The van der Waals surface area contributed by atoms with E-state index in [4.69, 9.17) is 16.3 Å². The smallest absolute Gasteiger partial charge is 0.118 e. The van der Waals surface area contributed by atoms with Crippen molar-refractivity contribution >= 4 is 27.5 Å². The molecule has 94 valence electrons. The lowest BCUT2D eigenvalue weighted by Gasteiger charge is -2.14. The third-order valence-electron chi connectivity index (χ3n) is 2.99. The van der Waals surface area contributed by atoms with Crippen LogP contribution in [-0.2, 0) is 0 Å². The van der Waals surface area contributed by atoms with E-state index in [1.165, 1.54) is 5.56 Å². The van der Waals surface area contributed by atoms with E-state index in [1.807, 2.05) is 36.4 Å².